The van der Waals surface area contributed by atoms with Crippen molar-refractivity contribution in [3.63, 3.8) is 0 Å². The molecule has 0 amide bonds. The summed E-state index contributed by atoms with van der Waals surface area (Å²) >= 11 is 2.95. The molecule has 0 atom stereocenters. The molecule has 1 rings (SSSR count). The van der Waals surface area contributed by atoms with Crippen LogP contribution < -0.4 is 0 Å². The van der Waals surface area contributed by atoms with Gasteiger partial charge >= 0.3 is 77.4 Å². The third-order valence-corrected chi connectivity index (χ3v) is 3.81. The van der Waals surface area contributed by atoms with Crippen molar-refractivity contribution in [3.05, 3.63) is 22.4 Å². The standard InChI is InChI=1S/C8H11.2CHF3O3S.Rh/c1-2-4-6-8-7-5-3-1;2*2-1(3,4)8(5,6)7;/h1-3H,4,6-8H2;2*(H,5,6,7);/q;;;+2/p-2. The van der Waals surface area contributed by atoms with E-state index in [0.717, 1.165) is 0 Å². The van der Waals surface area contributed by atoms with Gasteiger partial charge in [-0.15, -0.1) is 0 Å². The van der Waals surface area contributed by atoms with Crippen molar-refractivity contribution in [2.75, 3.05) is 0 Å². The van der Waals surface area contributed by atoms with Crippen molar-refractivity contribution in [1.82, 2.24) is 0 Å². The zero-order valence-corrected chi connectivity index (χ0v) is 15.2. The Hall–Kier alpha value is -0.497. The van der Waals surface area contributed by atoms with Gasteiger partial charge in [0, 0.05) is 0 Å². The molecule has 0 fully saturated rings. The summed E-state index contributed by atoms with van der Waals surface area (Å²) in [7, 11) is -12.2. The van der Waals surface area contributed by atoms with Gasteiger partial charge in [-0.3, -0.25) is 0 Å². The van der Waals surface area contributed by atoms with Crippen LogP contribution in [0.15, 0.2) is 22.4 Å². The third kappa shape index (κ3) is 14.4. The van der Waals surface area contributed by atoms with Gasteiger partial charge in [0.15, 0.2) is 20.2 Å². The van der Waals surface area contributed by atoms with Crippen molar-refractivity contribution in [2.45, 2.75) is 36.7 Å². The van der Waals surface area contributed by atoms with E-state index < -0.39 is 31.3 Å². The predicted octanol–water partition coefficient (Wildman–Crippen LogP) is 2.65. The molecule has 25 heavy (non-hydrogen) atoms. The molecule has 0 heterocycles. The Labute approximate surface area is 150 Å². The Balaban J connectivity index is 0. The molecule has 15 heteroatoms. The Morgan fingerprint density at radius 1 is 0.880 bits per heavy atom. The first-order valence-electron chi connectivity index (χ1n) is 5.93. The Kier molecular flexibility index (Phi) is 11.3. The minimum atomic E-state index is -6.09. The summed E-state index contributed by atoms with van der Waals surface area (Å²) in [6, 6.07) is 0. The van der Waals surface area contributed by atoms with E-state index in [2.05, 4.69) is 36.5 Å². The van der Waals surface area contributed by atoms with Crippen LogP contribution in [0.2, 0.25) is 0 Å². The molecular weight excluding hydrogens is 497 g/mol. The normalized spacial score (nSPS) is 16.3. The molecule has 0 bridgehead atoms. The van der Waals surface area contributed by atoms with E-state index in [1.54, 1.807) is 0 Å². The van der Waals surface area contributed by atoms with E-state index in [1.165, 1.54) is 29.9 Å². The fourth-order valence-electron chi connectivity index (χ4n) is 0.896. The minimum absolute atomic E-state index is 1.25. The number of hydrogen-bond donors (Lipinski definition) is 0. The summed E-state index contributed by atoms with van der Waals surface area (Å²) in [5, 5.41) is 0. The first-order chi connectivity index (χ1) is 10.9. The van der Waals surface area contributed by atoms with E-state index in [1.807, 2.05) is 0 Å². The maximum absolute atomic E-state index is 10.7. The average molecular weight is 508 g/mol. The van der Waals surface area contributed by atoms with Crippen LogP contribution in [0.25, 0.3) is 0 Å². The SMILES string of the molecule is O=S(=O)([O-])C(F)(F)F.O=S(=O)([O-])C(F)(F)F.[Rh+2][C]1=CC=CCCCC1. The van der Waals surface area contributed by atoms with Crippen molar-refractivity contribution in [2.24, 2.45) is 0 Å². The molecule has 150 valence electrons. The zero-order valence-electron chi connectivity index (χ0n) is 11.9. The third-order valence-electron chi connectivity index (χ3n) is 2.00. The van der Waals surface area contributed by atoms with Gasteiger partial charge in [-0.1, -0.05) is 0 Å². The maximum atomic E-state index is 10.7. The van der Waals surface area contributed by atoms with Crippen LogP contribution in [0, 0.1) is 0 Å². The fraction of sp³-hybridized carbons (Fsp3) is 0.600. The van der Waals surface area contributed by atoms with Gasteiger partial charge in [0.05, 0.1) is 0 Å². The monoisotopic (exact) mass is 508 g/mol. The van der Waals surface area contributed by atoms with Gasteiger partial charge in [-0.2, -0.15) is 26.3 Å². The first-order valence-corrected chi connectivity index (χ1v) is 9.56. The number of alkyl halides is 6. The predicted molar refractivity (Wildman–Crippen MR) is 67.2 cm³/mol. The van der Waals surface area contributed by atoms with E-state index in [4.69, 9.17) is 25.9 Å². The van der Waals surface area contributed by atoms with Crippen LogP contribution in [-0.2, 0) is 38.5 Å². The second kappa shape index (κ2) is 10.6. The Morgan fingerprint density at radius 2 is 1.24 bits per heavy atom. The summed E-state index contributed by atoms with van der Waals surface area (Å²) in [5.41, 5.74) is -11.3. The first kappa shape index (κ1) is 26.7. The molecule has 0 saturated carbocycles. The van der Waals surface area contributed by atoms with Crippen LogP contribution in [0.3, 0.4) is 0 Å². The van der Waals surface area contributed by atoms with Gasteiger partial charge in [0.2, 0.25) is 0 Å². The van der Waals surface area contributed by atoms with Gasteiger partial charge in [0.25, 0.3) is 0 Å². The molecule has 0 aromatic rings. The van der Waals surface area contributed by atoms with Crippen molar-refractivity contribution in [3.8, 4) is 0 Å². The second-order valence-electron chi connectivity index (χ2n) is 4.06. The number of allylic oxidation sites excluding steroid dienone is 4. The quantitative estimate of drug-likeness (QED) is 0.215. The molecule has 0 aromatic heterocycles. The molecule has 0 N–H and O–H groups in total. The van der Waals surface area contributed by atoms with Crippen LogP contribution in [0.1, 0.15) is 25.7 Å². The van der Waals surface area contributed by atoms with Crippen LogP contribution in [0.4, 0.5) is 26.3 Å². The van der Waals surface area contributed by atoms with Crippen LogP contribution in [0.5, 0.6) is 0 Å². The molecular formula is C10H11F6O6RhS2. The number of rotatable bonds is 0. The summed E-state index contributed by atoms with van der Waals surface area (Å²) in [5.74, 6) is 0. The van der Waals surface area contributed by atoms with Crippen molar-refractivity contribution >= 4 is 20.2 Å². The van der Waals surface area contributed by atoms with E-state index in [0.29, 0.717) is 0 Å². The number of halogens is 6. The van der Waals surface area contributed by atoms with Crippen LogP contribution in [-0.4, -0.2) is 37.0 Å². The number of hydrogen-bond acceptors (Lipinski definition) is 6. The molecule has 0 spiro atoms. The van der Waals surface area contributed by atoms with Crippen molar-refractivity contribution in [1.29, 1.82) is 0 Å². The summed E-state index contributed by atoms with van der Waals surface area (Å²) in [6.45, 7) is 0. The topological polar surface area (TPSA) is 114 Å². The molecule has 0 unspecified atom stereocenters. The van der Waals surface area contributed by atoms with Gasteiger partial charge in [-0.25, -0.2) is 16.8 Å². The van der Waals surface area contributed by atoms with E-state index in [9.17, 15) is 26.3 Å². The van der Waals surface area contributed by atoms with E-state index >= 15 is 0 Å². The second-order valence-corrected chi connectivity index (χ2v) is 7.85. The molecule has 1 aliphatic rings. The van der Waals surface area contributed by atoms with Gasteiger partial charge in [0.1, 0.15) is 0 Å². The van der Waals surface area contributed by atoms with Gasteiger partial charge in [-0.05, 0) is 0 Å². The molecule has 6 nitrogen and oxygen atoms in total. The van der Waals surface area contributed by atoms with Crippen LogP contribution >= 0.6 is 0 Å². The zero-order chi connectivity index (χ0) is 20.5. The average Bonchev–Trinajstić information content (AvgIpc) is 2.30. The summed E-state index contributed by atoms with van der Waals surface area (Å²) in [6.07, 6.45) is 11.7. The Bertz CT molecular complexity index is 621. The molecule has 0 saturated heterocycles. The molecule has 1 aliphatic carbocycles. The summed E-state index contributed by atoms with van der Waals surface area (Å²) in [4.78, 5) is 0. The summed E-state index contributed by atoms with van der Waals surface area (Å²) < 4.78 is 119. The van der Waals surface area contributed by atoms with Crippen molar-refractivity contribution < 1.29 is 70.6 Å². The van der Waals surface area contributed by atoms with E-state index in [-0.39, 0.29) is 0 Å². The molecule has 0 aliphatic heterocycles. The van der Waals surface area contributed by atoms with Gasteiger partial charge < -0.3 is 9.11 Å². The molecule has 0 aromatic carbocycles. The molecule has 0 radical (unpaired) electrons. The fourth-order valence-corrected chi connectivity index (χ4v) is 1.34. The Morgan fingerprint density at radius 3 is 1.56 bits per heavy atom.